The Labute approximate surface area is 128 Å². The number of carbonyl (C=O) groups is 1. The molecule has 1 heterocycles. The molecule has 0 atom stereocenters. The number of hydrogen-bond acceptors (Lipinski definition) is 3. The van der Waals surface area contributed by atoms with Gasteiger partial charge in [-0.15, -0.1) is 0 Å². The zero-order valence-electron chi connectivity index (χ0n) is 12.9. The predicted molar refractivity (Wildman–Crippen MR) is 82.4 cm³/mol. The highest BCUT2D eigenvalue weighted by atomic mass is 19.1. The molecule has 0 saturated carbocycles. The number of carbonyl (C=O) groups excluding carboxylic acids is 1. The Bertz CT molecular complexity index is 735. The van der Waals surface area contributed by atoms with E-state index < -0.39 is 5.82 Å². The molecule has 0 saturated heterocycles. The molecule has 1 aromatic heterocycles. The lowest BCUT2D eigenvalue weighted by Gasteiger charge is -2.08. The molecule has 0 fully saturated rings. The Kier molecular flexibility index (Phi) is 5.09. The highest BCUT2D eigenvalue weighted by Crippen LogP contribution is 2.18. The first-order valence-electron chi connectivity index (χ1n) is 7.08. The largest absolute Gasteiger partial charge is 0.494 e. The number of aromatic nitrogens is 1. The van der Waals surface area contributed by atoms with E-state index >= 15 is 0 Å². The molecule has 116 valence electrons. The van der Waals surface area contributed by atoms with Crippen molar-refractivity contribution in [3.05, 3.63) is 59.5 Å². The van der Waals surface area contributed by atoms with Crippen LogP contribution >= 0.6 is 0 Å². The summed E-state index contributed by atoms with van der Waals surface area (Å²) in [4.78, 5) is 16.8. The van der Waals surface area contributed by atoms with Crippen LogP contribution in [0.1, 0.15) is 24.2 Å². The maximum atomic E-state index is 13.7. The average Bonchev–Trinajstić information content (AvgIpc) is 2.47. The third-order valence-electron chi connectivity index (χ3n) is 3.07. The van der Waals surface area contributed by atoms with Gasteiger partial charge in [-0.3, -0.25) is 14.4 Å². The summed E-state index contributed by atoms with van der Waals surface area (Å²) in [6.45, 7) is 3.89. The van der Waals surface area contributed by atoms with E-state index in [9.17, 15) is 9.18 Å². The standard InChI is InChI=1S/C17H19FN2O2/c1-12(2)19-16-6-4-5-9-20(16)17(21)11-13-7-8-15(22-3)14(18)10-13/h4-10,12H,11H2,1-3H3. The Morgan fingerprint density at radius 3 is 2.73 bits per heavy atom. The van der Waals surface area contributed by atoms with E-state index in [-0.39, 0.29) is 24.1 Å². The molecule has 5 heteroatoms. The van der Waals surface area contributed by atoms with Gasteiger partial charge in [0.05, 0.1) is 13.5 Å². The van der Waals surface area contributed by atoms with Crippen molar-refractivity contribution in [2.75, 3.05) is 7.11 Å². The van der Waals surface area contributed by atoms with Gasteiger partial charge in [0, 0.05) is 12.2 Å². The minimum Gasteiger partial charge on any atom is -0.494 e. The molecule has 0 amide bonds. The molecule has 0 radical (unpaired) electrons. The van der Waals surface area contributed by atoms with Crippen molar-refractivity contribution in [3.8, 4) is 5.75 Å². The molecule has 0 N–H and O–H groups in total. The zero-order valence-corrected chi connectivity index (χ0v) is 12.9. The highest BCUT2D eigenvalue weighted by Gasteiger charge is 2.10. The van der Waals surface area contributed by atoms with Crippen molar-refractivity contribution >= 4 is 5.91 Å². The van der Waals surface area contributed by atoms with E-state index in [0.717, 1.165) is 0 Å². The number of methoxy groups -OCH3 is 1. The number of ether oxygens (including phenoxy) is 1. The molecular formula is C17H19FN2O2. The predicted octanol–water partition coefficient (Wildman–Crippen LogP) is 2.83. The van der Waals surface area contributed by atoms with Crippen LogP contribution in [0.5, 0.6) is 5.75 Å². The molecule has 0 aliphatic heterocycles. The van der Waals surface area contributed by atoms with Gasteiger partial charge in [0.2, 0.25) is 5.91 Å². The second kappa shape index (κ2) is 7.02. The van der Waals surface area contributed by atoms with E-state index in [0.29, 0.717) is 11.1 Å². The maximum absolute atomic E-state index is 13.7. The second-order valence-electron chi connectivity index (χ2n) is 5.19. The van der Waals surface area contributed by atoms with Crippen molar-refractivity contribution in [3.63, 3.8) is 0 Å². The van der Waals surface area contributed by atoms with E-state index in [1.54, 1.807) is 24.4 Å². The van der Waals surface area contributed by atoms with E-state index in [1.807, 2.05) is 19.9 Å². The summed E-state index contributed by atoms with van der Waals surface area (Å²) in [6.07, 6.45) is 1.76. The fourth-order valence-electron chi connectivity index (χ4n) is 2.09. The van der Waals surface area contributed by atoms with Crippen LogP contribution in [-0.4, -0.2) is 23.6 Å². The van der Waals surface area contributed by atoms with Crippen molar-refractivity contribution in [2.24, 2.45) is 4.99 Å². The van der Waals surface area contributed by atoms with Crippen molar-refractivity contribution < 1.29 is 13.9 Å². The Morgan fingerprint density at radius 1 is 1.32 bits per heavy atom. The van der Waals surface area contributed by atoms with Gasteiger partial charge >= 0.3 is 0 Å². The smallest absolute Gasteiger partial charge is 0.236 e. The lowest BCUT2D eigenvalue weighted by atomic mass is 10.1. The zero-order chi connectivity index (χ0) is 16.1. The third-order valence-corrected chi connectivity index (χ3v) is 3.07. The normalized spacial score (nSPS) is 11.8. The van der Waals surface area contributed by atoms with E-state index in [1.165, 1.54) is 23.8 Å². The van der Waals surface area contributed by atoms with Gasteiger partial charge in [-0.25, -0.2) is 4.39 Å². The second-order valence-corrected chi connectivity index (χ2v) is 5.19. The van der Waals surface area contributed by atoms with Crippen LogP contribution in [0.4, 0.5) is 4.39 Å². The molecule has 2 rings (SSSR count). The molecule has 0 unspecified atom stereocenters. The summed E-state index contributed by atoms with van der Waals surface area (Å²) in [5.74, 6) is -0.471. The third kappa shape index (κ3) is 3.81. The molecule has 0 bridgehead atoms. The molecule has 0 spiro atoms. The Balaban J connectivity index is 2.29. The summed E-state index contributed by atoms with van der Waals surface area (Å²) in [5.41, 5.74) is 1.19. The van der Waals surface area contributed by atoms with Gasteiger partial charge in [0.15, 0.2) is 11.6 Å². The summed E-state index contributed by atoms with van der Waals surface area (Å²) in [7, 11) is 1.41. The van der Waals surface area contributed by atoms with E-state index in [2.05, 4.69) is 4.99 Å². The number of rotatable bonds is 4. The lowest BCUT2D eigenvalue weighted by molar-refractivity contribution is 0.0908. The molecule has 22 heavy (non-hydrogen) atoms. The van der Waals surface area contributed by atoms with Crippen LogP contribution in [0.25, 0.3) is 0 Å². The first-order chi connectivity index (χ1) is 10.5. The molecule has 0 aliphatic carbocycles. The Morgan fingerprint density at radius 2 is 2.09 bits per heavy atom. The Hall–Kier alpha value is -2.43. The van der Waals surface area contributed by atoms with Gasteiger partial charge < -0.3 is 4.74 Å². The first kappa shape index (κ1) is 15.9. The number of halogens is 1. The summed E-state index contributed by atoms with van der Waals surface area (Å²) in [5, 5.41) is 0. The van der Waals surface area contributed by atoms with Crippen LogP contribution in [0, 0.1) is 5.82 Å². The van der Waals surface area contributed by atoms with Gasteiger partial charge in [0.1, 0.15) is 5.49 Å². The van der Waals surface area contributed by atoms with E-state index in [4.69, 9.17) is 4.74 Å². The monoisotopic (exact) mass is 302 g/mol. The summed E-state index contributed by atoms with van der Waals surface area (Å²) < 4.78 is 20.1. The van der Waals surface area contributed by atoms with Crippen molar-refractivity contribution in [2.45, 2.75) is 26.3 Å². The number of benzene rings is 1. The van der Waals surface area contributed by atoms with Crippen LogP contribution in [-0.2, 0) is 6.42 Å². The van der Waals surface area contributed by atoms with Crippen LogP contribution in [0.2, 0.25) is 0 Å². The maximum Gasteiger partial charge on any atom is 0.236 e. The fraction of sp³-hybridized carbons (Fsp3) is 0.294. The number of hydrogen-bond donors (Lipinski definition) is 0. The molecule has 2 aromatic rings. The van der Waals surface area contributed by atoms with Gasteiger partial charge in [0.25, 0.3) is 0 Å². The highest BCUT2D eigenvalue weighted by molar-refractivity contribution is 5.81. The van der Waals surface area contributed by atoms with Crippen molar-refractivity contribution in [1.29, 1.82) is 0 Å². The van der Waals surface area contributed by atoms with Gasteiger partial charge in [-0.05, 0) is 43.7 Å². The number of pyridine rings is 1. The molecule has 1 aromatic carbocycles. The lowest BCUT2D eigenvalue weighted by Crippen LogP contribution is -2.28. The van der Waals surface area contributed by atoms with Crippen LogP contribution < -0.4 is 10.2 Å². The van der Waals surface area contributed by atoms with Gasteiger partial charge in [-0.2, -0.15) is 0 Å². The topological polar surface area (TPSA) is 43.6 Å². The average molecular weight is 302 g/mol. The minimum absolute atomic E-state index is 0.0832. The van der Waals surface area contributed by atoms with Crippen molar-refractivity contribution in [1.82, 2.24) is 4.57 Å². The molecular weight excluding hydrogens is 283 g/mol. The minimum atomic E-state index is -0.474. The molecule has 0 aliphatic rings. The SMILES string of the molecule is COc1ccc(CC(=O)n2ccccc2=NC(C)C)cc1F. The fourth-order valence-corrected chi connectivity index (χ4v) is 2.09. The van der Waals surface area contributed by atoms with Crippen LogP contribution in [0.3, 0.4) is 0 Å². The summed E-state index contributed by atoms with van der Waals surface area (Å²) in [6, 6.07) is 9.99. The summed E-state index contributed by atoms with van der Waals surface area (Å²) >= 11 is 0. The van der Waals surface area contributed by atoms with Crippen LogP contribution in [0.15, 0.2) is 47.6 Å². The van der Waals surface area contributed by atoms with Gasteiger partial charge in [-0.1, -0.05) is 12.1 Å². The number of nitrogens with zero attached hydrogens (tertiary/aromatic N) is 2. The molecule has 4 nitrogen and oxygen atoms in total. The first-order valence-corrected chi connectivity index (χ1v) is 7.08. The quantitative estimate of drug-likeness (QED) is 0.871.